The van der Waals surface area contributed by atoms with Crippen LogP contribution in [-0.4, -0.2) is 6.67 Å². The van der Waals surface area contributed by atoms with Gasteiger partial charge < -0.3 is 0 Å². The SMILES string of the molecule is CCC(C)[CH]Cc1ccc(C(C)CF)cc1Cc1ccccc1. The highest BCUT2D eigenvalue weighted by Crippen LogP contribution is 2.24. The Morgan fingerprint density at radius 2 is 1.74 bits per heavy atom. The third-order valence-electron chi connectivity index (χ3n) is 4.65. The summed E-state index contributed by atoms with van der Waals surface area (Å²) in [5.74, 6) is 0.598. The molecule has 0 heterocycles. The lowest BCUT2D eigenvalue weighted by molar-refractivity contribution is 0.447. The fourth-order valence-corrected chi connectivity index (χ4v) is 2.72. The molecule has 0 aliphatic heterocycles. The molecule has 0 aliphatic rings. The third-order valence-corrected chi connectivity index (χ3v) is 4.65. The van der Waals surface area contributed by atoms with Gasteiger partial charge in [-0.1, -0.05) is 75.7 Å². The van der Waals surface area contributed by atoms with E-state index < -0.39 is 0 Å². The molecule has 0 saturated heterocycles. The van der Waals surface area contributed by atoms with Crippen LogP contribution in [0, 0.1) is 12.3 Å². The standard InChI is InChI=1S/C22H28F/c1-4-17(2)10-11-20-12-13-21(18(3)16-23)15-22(20)14-19-8-6-5-7-9-19/h5-10,12-13,15,17-18H,4,11,14,16H2,1-3H3. The Kier molecular flexibility index (Phi) is 6.83. The topological polar surface area (TPSA) is 0 Å². The van der Waals surface area contributed by atoms with Crippen molar-refractivity contribution in [3.8, 4) is 0 Å². The molecule has 0 saturated carbocycles. The van der Waals surface area contributed by atoms with E-state index in [4.69, 9.17) is 0 Å². The Balaban J connectivity index is 2.25. The van der Waals surface area contributed by atoms with Crippen molar-refractivity contribution in [2.75, 3.05) is 6.67 Å². The number of hydrogen-bond donors (Lipinski definition) is 0. The summed E-state index contributed by atoms with van der Waals surface area (Å²) >= 11 is 0. The van der Waals surface area contributed by atoms with Gasteiger partial charge in [0.15, 0.2) is 0 Å². The summed E-state index contributed by atoms with van der Waals surface area (Å²) < 4.78 is 13.0. The fraction of sp³-hybridized carbons (Fsp3) is 0.409. The quantitative estimate of drug-likeness (QED) is 0.549. The molecule has 1 heteroatoms. The van der Waals surface area contributed by atoms with Crippen molar-refractivity contribution < 1.29 is 4.39 Å². The van der Waals surface area contributed by atoms with Crippen molar-refractivity contribution in [1.29, 1.82) is 0 Å². The zero-order chi connectivity index (χ0) is 16.7. The summed E-state index contributed by atoms with van der Waals surface area (Å²) in [4.78, 5) is 0. The van der Waals surface area contributed by atoms with Gasteiger partial charge in [-0.3, -0.25) is 4.39 Å². The second-order valence-electron chi connectivity index (χ2n) is 6.57. The Labute approximate surface area is 140 Å². The smallest absolute Gasteiger partial charge is 0.0960 e. The van der Waals surface area contributed by atoms with Gasteiger partial charge >= 0.3 is 0 Å². The van der Waals surface area contributed by atoms with Crippen LogP contribution < -0.4 is 0 Å². The molecule has 0 spiro atoms. The molecule has 2 aromatic carbocycles. The molecule has 0 aromatic heterocycles. The average molecular weight is 311 g/mol. The zero-order valence-electron chi connectivity index (χ0n) is 14.6. The first-order valence-electron chi connectivity index (χ1n) is 8.69. The van der Waals surface area contributed by atoms with Crippen LogP contribution in [0.3, 0.4) is 0 Å². The van der Waals surface area contributed by atoms with E-state index in [0.29, 0.717) is 5.92 Å². The first-order chi connectivity index (χ1) is 11.1. The second kappa shape index (κ2) is 8.86. The van der Waals surface area contributed by atoms with Gasteiger partial charge in [0.2, 0.25) is 0 Å². The van der Waals surface area contributed by atoms with Crippen molar-refractivity contribution >= 4 is 0 Å². The molecule has 1 radical (unpaired) electrons. The summed E-state index contributed by atoms with van der Waals surface area (Å²) in [5, 5.41) is 0. The highest BCUT2D eigenvalue weighted by Gasteiger charge is 2.11. The molecule has 2 aromatic rings. The van der Waals surface area contributed by atoms with Gasteiger partial charge in [0.25, 0.3) is 0 Å². The van der Waals surface area contributed by atoms with Crippen LogP contribution in [0.25, 0.3) is 0 Å². The van der Waals surface area contributed by atoms with Gasteiger partial charge in [0.05, 0.1) is 6.67 Å². The van der Waals surface area contributed by atoms with E-state index in [9.17, 15) is 4.39 Å². The predicted octanol–water partition coefficient (Wildman–Crippen LogP) is 6.14. The molecule has 2 atom stereocenters. The minimum Gasteiger partial charge on any atom is -0.250 e. The van der Waals surface area contributed by atoms with Gasteiger partial charge in [0.1, 0.15) is 0 Å². The first-order valence-corrected chi connectivity index (χ1v) is 8.69. The second-order valence-corrected chi connectivity index (χ2v) is 6.57. The van der Waals surface area contributed by atoms with Gasteiger partial charge in [-0.05, 0) is 47.4 Å². The van der Waals surface area contributed by atoms with Gasteiger partial charge in [-0.2, -0.15) is 0 Å². The summed E-state index contributed by atoms with van der Waals surface area (Å²) in [6.07, 6.45) is 5.46. The van der Waals surface area contributed by atoms with Crippen LogP contribution in [0.15, 0.2) is 48.5 Å². The molecule has 0 N–H and O–H groups in total. The molecule has 0 nitrogen and oxygen atoms in total. The lowest BCUT2D eigenvalue weighted by atomic mass is 9.90. The maximum Gasteiger partial charge on any atom is 0.0960 e. The van der Waals surface area contributed by atoms with E-state index in [1.807, 2.05) is 13.0 Å². The molecule has 23 heavy (non-hydrogen) atoms. The Morgan fingerprint density at radius 3 is 2.39 bits per heavy atom. The van der Waals surface area contributed by atoms with Crippen LogP contribution >= 0.6 is 0 Å². The van der Waals surface area contributed by atoms with Crippen LogP contribution in [0.2, 0.25) is 0 Å². The van der Waals surface area contributed by atoms with Crippen molar-refractivity contribution in [1.82, 2.24) is 0 Å². The van der Waals surface area contributed by atoms with Crippen LogP contribution in [0.4, 0.5) is 4.39 Å². The van der Waals surface area contributed by atoms with Crippen molar-refractivity contribution in [2.24, 2.45) is 5.92 Å². The van der Waals surface area contributed by atoms with Crippen LogP contribution in [-0.2, 0) is 12.8 Å². The summed E-state index contributed by atoms with van der Waals surface area (Å²) in [6.45, 7) is 6.13. The van der Waals surface area contributed by atoms with Gasteiger partial charge in [-0.15, -0.1) is 0 Å². The number of benzene rings is 2. The number of rotatable bonds is 8. The molecular weight excluding hydrogens is 283 g/mol. The predicted molar refractivity (Wildman–Crippen MR) is 97.5 cm³/mol. The summed E-state index contributed by atoms with van der Waals surface area (Å²) in [6, 6.07) is 17.0. The Hall–Kier alpha value is -1.63. The minimum atomic E-state index is -0.302. The van der Waals surface area contributed by atoms with E-state index in [1.165, 1.54) is 23.1 Å². The monoisotopic (exact) mass is 311 g/mol. The zero-order valence-corrected chi connectivity index (χ0v) is 14.6. The van der Waals surface area contributed by atoms with E-state index >= 15 is 0 Å². The molecule has 0 bridgehead atoms. The lowest BCUT2D eigenvalue weighted by Gasteiger charge is -2.16. The lowest BCUT2D eigenvalue weighted by Crippen LogP contribution is -2.04. The number of alkyl halides is 1. The normalized spacial score (nSPS) is 13.7. The van der Waals surface area contributed by atoms with Crippen LogP contribution in [0.5, 0.6) is 0 Å². The highest BCUT2D eigenvalue weighted by atomic mass is 19.1. The number of halogens is 1. The molecule has 2 unspecified atom stereocenters. The molecule has 0 fully saturated rings. The van der Waals surface area contributed by atoms with Crippen molar-refractivity contribution in [2.45, 2.75) is 46.0 Å². The fourth-order valence-electron chi connectivity index (χ4n) is 2.72. The maximum absolute atomic E-state index is 13.0. The Morgan fingerprint density at radius 1 is 1.00 bits per heavy atom. The summed E-state index contributed by atoms with van der Waals surface area (Å²) in [5.41, 5.74) is 5.10. The van der Waals surface area contributed by atoms with Gasteiger partial charge in [0, 0.05) is 5.92 Å². The largest absolute Gasteiger partial charge is 0.250 e. The van der Waals surface area contributed by atoms with Crippen molar-refractivity contribution in [3.05, 3.63) is 77.2 Å². The van der Waals surface area contributed by atoms with E-state index in [2.05, 4.69) is 62.7 Å². The highest BCUT2D eigenvalue weighted by molar-refractivity contribution is 5.38. The molecule has 2 rings (SSSR count). The minimum absolute atomic E-state index is 0.0304. The summed E-state index contributed by atoms with van der Waals surface area (Å²) in [7, 11) is 0. The van der Waals surface area contributed by atoms with Crippen LogP contribution in [0.1, 0.15) is 55.4 Å². The molecule has 0 aliphatic carbocycles. The van der Waals surface area contributed by atoms with Gasteiger partial charge in [-0.25, -0.2) is 0 Å². The molecule has 0 amide bonds. The maximum atomic E-state index is 13.0. The van der Waals surface area contributed by atoms with E-state index in [1.54, 1.807) is 0 Å². The van der Waals surface area contributed by atoms with E-state index in [0.717, 1.165) is 18.4 Å². The number of hydrogen-bond acceptors (Lipinski definition) is 0. The first kappa shape index (κ1) is 17.7. The average Bonchev–Trinajstić information content (AvgIpc) is 2.60. The van der Waals surface area contributed by atoms with Crippen molar-refractivity contribution in [3.63, 3.8) is 0 Å². The Bertz CT molecular complexity index is 588. The molecule has 123 valence electrons. The third kappa shape index (κ3) is 5.20. The molecular formula is C22H28F. The van der Waals surface area contributed by atoms with E-state index in [-0.39, 0.29) is 12.6 Å².